The second-order valence-corrected chi connectivity index (χ2v) is 9.02. The van der Waals surface area contributed by atoms with Crippen molar-refractivity contribution in [3.63, 3.8) is 0 Å². The zero-order valence-corrected chi connectivity index (χ0v) is 18.2. The Labute approximate surface area is 179 Å². The molecule has 2 fully saturated rings. The summed E-state index contributed by atoms with van der Waals surface area (Å²) in [6, 6.07) is 5.08. The van der Waals surface area contributed by atoms with Gasteiger partial charge in [-0.05, 0) is 55.3 Å². The number of hydrogen-bond donors (Lipinski definition) is 2. The van der Waals surface area contributed by atoms with E-state index in [4.69, 9.17) is 4.65 Å². The van der Waals surface area contributed by atoms with E-state index in [1.165, 1.54) is 4.90 Å². The molecule has 0 bridgehead atoms. The minimum absolute atomic E-state index is 0.0855. The zero-order chi connectivity index (χ0) is 20.9. The molecular formula is C21H25BBrNO5. The highest BCUT2D eigenvalue weighted by atomic mass is 79.9. The van der Waals surface area contributed by atoms with E-state index in [1.54, 1.807) is 18.2 Å². The number of carbonyl (C=O) groups excluding carboxylic acids is 2. The lowest BCUT2D eigenvalue weighted by Gasteiger charge is -2.42. The van der Waals surface area contributed by atoms with E-state index in [0.29, 0.717) is 31.4 Å². The fourth-order valence-electron chi connectivity index (χ4n) is 5.24. The van der Waals surface area contributed by atoms with Crippen LogP contribution < -0.4 is 0 Å². The molecule has 0 unspecified atom stereocenters. The smallest absolute Gasteiger partial charge is 0.487 e. The molecule has 29 heavy (non-hydrogen) atoms. The van der Waals surface area contributed by atoms with E-state index in [1.807, 2.05) is 13.8 Å². The van der Waals surface area contributed by atoms with Crippen LogP contribution in [0.4, 0.5) is 0 Å². The molecule has 4 rings (SSSR count). The Kier molecular flexibility index (Phi) is 5.61. The summed E-state index contributed by atoms with van der Waals surface area (Å²) in [7, 11) is -1.14. The molecule has 1 aliphatic carbocycles. The van der Waals surface area contributed by atoms with Crippen molar-refractivity contribution in [2.24, 2.45) is 17.8 Å². The molecular weight excluding hydrogens is 437 g/mol. The Morgan fingerprint density at radius 1 is 1.24 bits per heavy atom. The first-order valence-electron chi connectivity index (χ1n) is 10.3. The van der Waals surface area contributed by atoms with Crippen LogP contribution in [0.3, 0.4) is 0 Å². The topological polar surface area (TPSA) is 87.1 Å². The Hall–Kier alpha value is -1.64. The fraction of sp³-hybridized carbons (Fsp3) is 0.524. The van der Waals surface area contributed by atoms with Gasteiger partial charge in [-0.15, -0.1) is 0 Å². The van der Waals surface area contributed by atoms with Gasteiger partial charge < -0.3 is 14.8 Å². The summed E-state index contributed by atoms with van der Waals surface area (Å²) in [5.41, 5.74) is 2.35. The third kappa shape index (κ3) is 3.35. The van der Waals surface area contributed by atoms with Crippen LogP contribution in [0.1, 0.15) is 51.2 Å². The van der Waals surface area contributed by atoms with Crippen molar-refractivity contribution in [3.05, 3.63) is 39.3 Å². The molecule has 1 aromatic rings. The van der Waals surface area contributed by atoms with Crippen molar-refractivity contribution in [2.75, 3.05) is 6.54 Å². The lowest BCUT2D eigenvalue weighted by atomic mass is 9.55. The van der Waals surface area contributed by atoms with Gasteiger partial charge in [0.1, 0.15) is 5.75 Å². The minimum Gasteiger partial charge on any atom is -0.508 e. The van der Waals surface area contributed by atoms with Gasteiger partial charge in [0.05, 0.1) is 17.9 Å². The van der Waals surface area contributed by atoms with Crippen LogP contribution in [0.5, 0.6) is 5.75 Å². The molecule has 2 amide bonds. The third-order valence-corrected chi connectivity index (χ3v) is 7.01. The maximum atomic E-state index is 13.2. The number of rotatable bonds is 4. The Morgan fingerprint density at radius 3 is 2.69 bits per heavy atom. The summed E-state index contributed by atoms with van der Waals surface area (Å²) >= 11 is 3.41. The van der Waals surface area contributed by atoms with Crippen LogP contribution in [-0.4, -0.2) is 40.5 Å². The first-order chi connectivity index (χ1) is 13.9. The maximum absolute atomic E-state index is 13.2. The summed E-state index contributed by atoms with van der Waals surface area (Å²) in [6.45, 7) is 4.39. The quantitative estimate of drug-likeness (QED) is 0.530. The van der Waals surface area contributed by atoms with Crippen molar-refractivity contribution in [3.8, 4) is 5.75 Å². The van der Waals surface area contributed by atoms with Crippen molar-refractivity contribution in [2.45, 2.75) is 45.6 Å². The second kappa shape index (κ2) is 7.89. The highest BCUT2D eigenvalue weighted by molar-refractivity contribution is 9.10. The van der Waals surface area contributed by atoms with E-state index in [2.05, 4.69) is 15.9 Å². The van der Waals surface area contributed by atoms with Crippen molar-refractivity contribution >= 4 is 34.9 Å². The molecule has 2 aliphatic heterocycles. The van der Waals surface area contributed by atoms with E-state index >= 15 is 0 Å². The number of aromatic hydroxyl groups is 1. The largest absolute Gasteiger partial charge is 0.508 e. The molecule has 8 heteroatoms. The summed E-state index contributed by atoms with van der Waals surface area (Å²) in [6.07, 6.45) is 1.82. The summed E-state index contributed by atoms with van der Waals surface area (Å²) in [4.78, 5) is 27.5. The maximum Gasteiger partial charge on any atom is 0.487 e. The zero-order valence-electron chi connectivity index (χ0n) is 16.6. The molecule has 2 heterocycles. The predicted octanol–water partition coefficient (Wildman–Crippen LogP) is 3.37. The number of halogens is 1. The third-order valence-electron chi connectivity index (χ3n) is 6.51. The van der Waals surface area contributed by atoms with Gasteiger partial charge in [0.25, 0.3) is 0 Å². The molecule has 154 valence electrons. The number of amides is 2. The van der Waals surface area contributed by atoms with Crippen LogP contribution >= 0.6 is 15.9 Å². The van der Waals surface area contributed by atoms with Crippen molar-refractivity contribution in [1.29, 1.82) is 0 Å². The van der Waals surface area contributed by atoms with Gasteiger partial charge in [0.15, 0.2) is 0 Å². The number of allylic oxidation sites excluding steroid dienone is 2. The first kappa shape index (κ1) is 20.6. The molecule has 0 aromatic heterocycles. The SMILES string of the molecule is CCCN1C(=O)[C@H]2[C@H](CC(CC)=C3B(O)O[C@H](c4cc(Br)ccc4O)C[C@H]32)C1=O. The first-order valence-corrected chi connectivity index (χ1v) is 11.1. The highest BCUT2D eigenvalue weighted by Gasteiger charge is 2.57. The second-order valence-electron chi connectivity index (χ2n) is 8.10. The Balaban J connectivity index is 1.74. The lowest BCUT2D eigenvalue weighted by Crippen LogP contribution is -2.44. The lowest BCUT2D eigenvalue weighted by molar-refractivity contribution is -0.140. The van der Waals surface area contributed by atoms with E-state index in [0.717, 1.165) is 21.9 Å². The molecule has 2 saturated heterocycles. The van der Waals surface area contributed by atoms with Gasteiger partial charge in [0.2, 0.25) is 11.8 Å². The normalized spacial score (nSPS) is 29.4. The molecule has 1 aromatic carbocycles. The highest BCUT2D eigenvalue weighted by Crippen LogP contribution is 2.52. The number of imide groups is 1. The molecule has 2 N–H and O–H groups in total. The van der Waals surface area contributed by atoms with Gasteiger partial charge in [-0.2, -0.15) is 0 Å². The molecule has 3 aliphatic rings. The number of carbonyl (C=O) groups is 2. The molecule has 4 atom stereocenters. The number of phenols is 1. The van der Waals surface area contributed by atoms with Gasteiger partial charge in [-0.3, -0.25) is 14.5 Å². The van der Waals surface area contributed by atoms with Gasteiger partial charge in [0, 0.05) is 16.6 Å². The molecule has 0 spiro atoms. The number of benzene rings is 1. The van der Waals surface area contributed by atoms with E-state index in [9.17, 15) is 19.7 Å². The standard InChI is InChI=1S/C21H25BBrNO5/c1-3-7-24-20(26)15-8-11(4-2)19-14(18(15)21(24)27)10-17(29-22(19)28)13-9-12(23)5-6-16(13)25/h5-6,9,14-15,17-18,25,28H,3-4,7-8,10H2,1-2H3/t14-,15-,17-,18+/m0/s1. The van der Waals surface area contributed by atoms with Crippen molar-refractivity contribution < 1.29 is 24.4 Å². The number of phenolic OH excluding ortho intramolecular Hbond substituents is 1. The van der Waals surface area contributed by atoms with Crippen LogP contribution in [0, 0.1) is 17.8 Å². The summed E-state index contributed by atoms with van der Waals surface area (Å²) in [5.74, 6) is -1.23. The monoisotopic (exact) mass is 461 g/mol. The number of likely N-dealkylation sites (tertiary alicyclic amines) is 1. The van der Waals surface area contributed by atoms with Gasteiger partial charge in [-0.25, -0.2) is 0 Å². The minimum atomic E-state index is -1.14. The summed E-state index contributed by atoms with van der Waals surface area (Å²) < 4.78 is 6.69. The van der Waals surface area contributed by atoms with Crippen LogP contribution in [0.25, 0.3) is 0 Å². The van der Waals surface area contributed by atoms with Crippen molar-refractivity contribution in [1.82, 2.24) is 4.90 Å². The van der Waals surface area contributed by atoms with E-state index < -0.39 is 19.1 Å². The van der Waals surface area contributed by atoms with E-state index in [-0.39, 0.29) is 29.4 Å². The van der Waals surface area contributed by atoms with Gasteiger partial charge in [-0.1, -0.05) is 35.4 Å². The van der Waals surface area contributed by atoms with Crippen LogP contribution in [0.2, 0.25) is 0 Å². The number of hydrogen-bond acceptors (Lipinski definition) is 5. The predicted molar refractivity (Wildman–Crippen MR) is 112 cm³/mol. The number of fused-ring (bicyclic) bond motifs is 3. The summed E-state index contributed by atoms with van der Waals surface area (Å²) in [5, 5.41) is 21.2. The van der Waals surface area contributed by atoms with Gasteiger partial charge >= 0.3 is 7.12 Å². The fourth-order valence-corrected chi connectivity index (χ4v) is 5.62. The molecule has 0 radical (unpaired) electrons. The molecule has 0 saturated carbocycles. The van der Waals surface area contributed by atoms with Crippen LogP contribution in [-0.2, 0) is 14.2 Å². The van der Waals surface area contributed by atoms with Crippen LogP contribution in [0.15, 0.2) is 33.7 Å². The Bertz CT molecular complexity index is 888. The number of nitrogens with zero attached hydrogens (tertiary/aromatic N) is 1. The average Bonchev–Trinajstić information content (AvgIpc) is 2.94. The average molecular weight is 462 g/mol. The Morgan fingerprint density at radius 2 is 2.00 bits per heavy atom. The molecule has 6 nitrogen and oxygen atoms in total.